The molecular formula is C9H16N3O2S+. The van der Waals surface area contributed by atoms with E-state index in [1.165, 1.54) is 22.6 Å². The van der Waals surface area contributed by atoms with Crippen molar-refractivity contribution in [3.05, 3.63) is 18.3 Å². The summed E-state index contributed by atoms with van der Waals surface area (Å²) in [7, 11) is -3.37. The fraction of sp³-hybridized carbons (Fsp3) is 0.444. The molecule has 0 aliphatic heterocycles. The van der Waals surface area contributed by atoms with E-state index in [1.807, 2.05) is 13.8 Å². The Hall–Kier alpha value is -1.14. The Morgan fingerprint density at radius 1 is 1.33 bits per heavy atom. The number of nitrogens with zero attached hydrogens (tertiary/aromatic N) is 1. The van der Waals surface area contributed by atoms with E-state index in [-0.39, 0.29) is 4.90 Å². The van der Waals surface area contributed by atoms with Crippen LogP contribution in [0.15, 0.2) is 23.2 Å². The highest BCUT2D eigenvalue weighted by molar-refractivity contribution is 7.89. The van der Waals surface area contributed by atoms with Gasteiger partial charge in [-0.2, -0.15) is 4.31 Å². The standard InChI is InChI=1S/C9H15N3O2S/c1-3-12(4-2)15(13,14)8-5-6-9(10)11-7-8/h5-7H,3-4H2,1-2H3,(H2,10,11)/p+1. The van der Waals surface area contributed by atoms with Crippen molar-refractivity contribution in [3.63, 3.8) is 0 Å². The van der Waals surface area contributed by atoms with Gasteiger partial charge in [-0.3, -0.25) is 5.73 Å². The van der Waals surface area contributed by atoms with E-state index in [4.69, 9.17) is 5.73 Å². The molecule has 0 saturated carbocycles. The molecule has 15 heavy (non-hydrogen) atoms. The van der Waals surface area contributed by atoms with E-state index in [2.05, 4.69) is 4.98 Å². The van der Waals surface area contributed by atoms with Gasteiger partial charge in [0.2, 0.25) is 10.0 Å². The van der Waals surface area contributed by atoms with E-state index < -0.39 is 10.0 Å². The lowest BCUT2D eigenvalue weighted by Crippen LogP contribution is -2.31. The quantitative estimate of drug-likeness (QED) is 0.797. The summed E-state index contributed by atoms with van der Waals surface area (Å²) in [5, 5.41) is 0. The molecule has 0 aromatic carbocycles. The number of hydrogen-bond donors (Lipinski definition) is 1. The zero-order chi connectivity index (χ0) is 11.5. The molecule has 0 spiro atoms. The number of rotatable bonds is 4. The molecule has 5 nitrogen and oxygen atoms in total. The number of hydrogen-bond acceptors (Lipinski definition) is 3. The van der Waals surface area contributed by atoms with Crippen molar-refractivity contribution in [2.45, 2.75) is 18.7 Å². The van der Waals surface area contributed by atoms with Gasteiger partial charge in [0.15, 0.2) is 0 Å². The molecule has 1 aromatic heterocycles. The molecule has 1 aromatic rings. The van der Waals surface area contributed by atoms with Crippen molar-refractivity contribution >= 4 is 15.8 Å². The van der Waals surface area contributed by atoms with Gasteiger partial charge in [0.25, 0.3) is 5.82 Å². The van der Waals surface area contributed by atoms with Gasteiger partial charge < -0.3 is 0 Å². The van der Waals surface area contributed by atoms with Gasteiger partial charge in [-0.1, -0.05) is 13.8 Å². The molecule has 0 unspecified atom stereocenters. The van der Waals surface area contributed by atoms with Crippen LogP contribution in [-0.4, -0.2) is 25.8 Å². The van der Waals surface area contributed by atoms with Gasteiger partial charge >= 0.3 is 0 Å². The van der Waals surface area contributed by atoms with Crippen LogP contribution in [0.3, 0.4) is 0 Å². The summed E-state index contributed by atoms with van der Waals surface area (Å²) in [6.45, 7) is 4.54. The number of anilines is 1. The van der Waals surface area contributed by atoms with Crippen molar-refractivity contribution in [3.8, 4) is 0 Å². The molecule has 0 atom stereocenters. The number of aromatic nitrogens is 1. The number of pyridine rings is 1. The van der Waals surface area contributed by atoms with Crippen molar-refractivity contribution < 1.29 is 13.4 Å². The number of nitrogens with one attached hydrogen (secondary N) is 1. The Bertz CT molecular complexity index is 409. The number of sulfonamides is 1. The largest absolute Gasteiger partial charge is 0.287 e. The summed E-state index contributed by atoms with van der Waals surface area (Å²) in [5.41, 5.74) is 5.45. The molecule has 0 aliphatic rings. The summed E-state index contributed by atoms with van der Waals surface area (Å²) >= 11 is 0. The Morgan fingerprint density at radius 2 is 1.93 bits per heavy atom. The average Bonchev–Trinajstić information content (AvgIpc) is 2.19. The number of nitrogen functional groups attached to an aromatic ring is 1. The molecule has 1 heterocycles. The van der Waals surface area contributed by atoms with Crippen molar-refractivity contribution in [2.24, 2.45) is 0 Å². The molecule has 6 heteroatoms. The Morgan fingerprint density at radius 3 is 2.33 bits per heavy atom. The van der Waals surface area contributed by atoms with E-state index in [0.717, 1.165) is 0 Å². The second-order valence-electron chi connectivity index (χ2n) is 3.07. The van der Waals surface area contributed by atoms with E-state index in [0.29, 0.717) is 18.9 Å². The lowest BCUT2D eigenvalue weighted by atomic mass is 10.5. The number of nitrogens with two attached hydrogens (primary N) is 1. The van der Waals surface area contributed by atoms with Crippen LogP contribution >= 0.6 is 0 Å². The van der Waals surface area contributed by atoms with Gasteiger partial charge in [-0.25, -0.2) is 13.4 Å². The first-order chi connectivity index (χ1) is 7.02. The maximum absolute atomic E-state index is 12.0. The van der Waals surface area contributed by atoms with Crippen LogP contribution in [0.1, 0.15) is 13.8 Å². The minimum Gasteiger partial charge on any atom is -0.287 e. The molecule has 0 saturated heterocycles. The summed E-state index contributed by atoms with van der Waals surface area (Å²) in [5.74, 6) is 0.438. The molecule has 0 aliphatic carbocycles. The Balaban J connectivity index is 3.11. The molecular weight excluding hydrogens is 214 g/mol. The average molecular weight is 230 g/mol. The van der Waals surface area contributed by atoms with Crippen LogP contribution in [-0.2, 0) is 10.0 Å². The Kier molecular flexibility index (Phi) is 3.65. The second kappa shape index (κ2) is 4.59. The van der Waals surface area contributed by atoms with E-state index in [1.54, 1.807) is 0 Å². The lowest BCUT2D eigenvalue weighted by Gasteiger charge is -2.17. The van der Waals surface area contributed by atoms with Crippen LogP contribution in [0, 0.1) is 0 Å². The van der Waals surface area contributed by atoms with Gasteiger partial charge in [-0.05, 0) is 6.07 Å². The summed E-state index contributed by atoms with van der Waals surface area (Å²) in [6, 6.07) is 3.04. The summed E-state index contributed by atoms with van der Waals surface area (Å²) < 4.78 is 25.3. The first-order valence-electron chi connectivity index (χ1n) is 4.79. The van der Waals surface area contributed by atoms with Crippen molar-refractivity contribution in [1.82, 2.24) is 4.31 Å². The first-order valence-corrected chi connectivity index (χ1v) is 6.23. The van der Waals surface area contributed by atoms with Crippen molar-refractivity contribution in [2.75, 3.05) is 18.8 Å². The molecule has 84 valence electrons. The molecule has 0 amide bonds. The fourth-order valence-corrected chi connectivity index (χ4v) is 2.72. The minimum atomic E-state index is -3.37. The van der Waals surface area contributed by atoms with Gasteiger partial charge in [-0.15, -0.1) is 0 Å². The first kappa shape index (κ1) is 11.9. The number of H-pyrrole nitrogens is 1. The van der Waals surface area contributed by atoms with E-state index in [9.17, 15) is 8.42 Å². The monoisotopic (exact) mass is 230 g/mol. The van der Waals surface area contributed by atoms with Crippen LogP contribution < -0.4 is 10.7 Å². The number of aromatic amines is 1. The summed E-state index contributed by atoms with van der Waals surface area (Å²) in [6.07, 6.45) is 1.41. The van der Waals surface area contributed by atoms with Crippen LogP contribution in [0.4, 0.5) is 5.82 Å². The third kappa shape index (κ3) is 2.45. The molecule has 0 radical (unpaired) electrons. The molecule has 1 rings (SSSR count). The minimum absolute atomic E-state index is 0.236. The highest BCUT2D eigenvalue weighted by atomic mass is 32.2. The summed E-state index contributed by atoms with van der Waals surface area (Å²) in [4.78, 5) is 2.92. The van der Waals surface area contributed by atoms with Crippen LogP contribution in [0.25, 0.3) is 0 Å². The van der Waals surface area contributed by atoms with Gasteiger partial charge in [0.1, 0.15) is 11.1 Å². The third-order valence-corrected chi connectivity index (χ3v) is 4.20. The lowest BCUT2D eigenvalue weighted by molar-refractivity contribution is -0.363. The predicted octanol–water partition coefficient (Wildman–Crippen LogP) is 0.113. The molecule has 0 fully saturated rings. The fourth-order valence-electron chi connectivity index (χ4n) is 1.30. The van der Waals surface area contributed by atoms with Gasteiger partial charge in [0, 0.05) is 19.2 Å². The zero-order valence-electron chi connectivity index (χ0n) is 8.90. The van der Waals surface area contributed by atoms with Gasteiger partial charge in [0.05, 0.1) is 0 Å². The second-order valence-corrected chi connectivity index (χ2v) is 5.01. The maximum Gasteiger partial charge on any atom is 0.270 e. The smallest absolute Gasteiger partial charge is 0.270 e. The van der Waals surface area contributed by atoms with Crippen LogP contribution in [0.2, 0.25) is 0 Å². The topological polar surface area (TPSA) is 77.5 Å². The molecule has 3 N–H and O–H groups in total. The van der Waals surface area contributed by atoms with Crippen LogP contribution in [0.5, 0.6) is 0 Å². The maximum atomic E-state index is 12.0. The normalized spacial score (nSPS) is 11.9. The highest BCUT2D eigenvalue weighted by Crippen LogP contribution is 2.13. The zero-order valence-corrected chi connectivity index (χ0v) is 9.71. The van der Waals surface area contributed by atoms with Crippen molar-refractivity contribution in [1.29, 1.82) is 0 Å². The van der Waals surface area contributed by atoms with E-state index >= 15 is 0 Å². The SMILES string of the molecule is CCN(CC)S(=O)(=O)c1ccc(N)[nH+]c1. The molecule has 0 bridgehead atoms. The highest BCUT2D eigenvalue weighted by Gasteiger charge is 2.22. The Labute approximate surface area is 90.0 Å². The third-order valence-electron chi connectivity index (χ3n) is 2.15. The predicted molar refractivity (Wildman–Crippen MR) is 57.5 cm³/mol.